The Balaban J connectivity index is 0.000000218. The second-order valence-electron chi connectivity index (χ2n) is 17.9. The fraction of sp³-hybridized carbons (Fsp3) is 0.623. The molecule has 4 heteroatoms. The minimum absolute atomic E-state index is 0.852. The van der Waals surface area contributed by atoms with Crippen molar-refractivity contribution in [2.75, 3.05) is 0 Å². The third-order valence-corrected chi connectivity index (χ3v) is 13.4. The maximum absolute atomic E-state index is 4.65. The van der Waals surface area contributed by atoms with Crippen LogP contribution in [0.15, 0.2) is 73.3 Å². The number of aryl methyl sites for hydroxylation is 4. The second kappa shape index (κ2) is 25.9. The molecule has 2 heterocycles. The highest BCUT2D eigenvalue weighted by molar-refractivity contribution is 5.56. The highest BCUT2D eigenvalue weighted by atomic mass is 14.9. The minimum Gasteiger partial charge on any atom is -0.236 e. The molecule has 0 radical (unpaired) electrons. The van der Waals surface area contributed by atoms with E-state index in [1.807, 2.05) is 24.8 Å². The molecule has 0 aliphatic heterocycles. The summed E-state index contributed by atoms with van der Waals surface area (Å²) in [5.74, 6) is 5.51. The van der Waals surface area contributed by atoms with Gasteiger partial charge in [-0.25, -0.2) is 19.9 Å². The first-order valence-corrected chi connectivity index (χ1v) is 23.9. The van der Waals surface area contributed by atoms with Crippen LogP contribution in [0, 0.1) is 23.7 Å². The van der Waals surface area contributed by atoms with E-state index >= 15 is 0 Å². The van der Waals surface area contributed by atoms with Crippen molar-refractivity contribution in [3.8, 4) is 22.8 Å². The van der Waals surface area contributed by atoms with Crippen LogP contribution >= 0.6 is 0 Å². The van der Waals surface area contributed by atoms with Crippen LogP contribution in [0.5, 0.6) is 0 Å². The molecule has 2 aromatic heterocycles. The number of hydrogen-bond donors (Lipinski definition) is 0. The number of aromatic nitrogens is 4. The Morgan fingerprint density at radius 3 is 1.09 bits per heavy atom. The highest BCUT2D eigenvalue weighted by Crippen LogP contribution is 2.34. The van der Waals surface area contributed by atoms with Gasteiger partial charge in [-0.05, 0) is 97.3 Å². The van der Waals surface area contributed by atoms with E-state index in [1.165, 1.54) is 170 Å². The topological polar surface area (TPSA) is 51.6 Å². The van der Waals surface area contributed by atoms with Gasteiger partial charge >= 0.3 is 0 Å². The summed E-state index contributed by atoms with van der Waals surface area (Å²) in [6, 6.07) is 17.7. The second-order valence-corrected chi connectivity index (χ2v) is 17.9. The summed E-state index contributed by atoms with van der Waals surface area (Å²) in [5, 5.41) is 0. The summed E-state index contributed by atoms with van der Waals surface area (Å²) in [6.07, 6.45) is 41.5. The zero-order valence-electron chi connectivity index (χ0n) is 36.7. The van der Waals surface area contributed by atoms with Crippen LogP contribution in [-0.2, 0) is 25.7 Å². The molecule has 0 spiro atoms. The van der Waals surface area contributed by atoms with E-state index in [9.17, 15) is 0 Å². The monoisotopic (exact) mass is 771 g/mol. The number of nitrogens with zero attached hydrogens (tertiary/aromatic N) is 4. The first-order valence-electron chi connectivity index (χ1n) is 23.9. The minimum atomic E-state index is 0.852. The molecule has 4 nitrogen and oxygen atoms in total. The molecule has 310 valence electrons. The summed E-state index contributed by atoms with van der Waals surface area (Å²) in [6.45, 7) is 9.18. The predicted molar refractivity (Wildman–Crippen MR) is 243 cm³/mol. The van der Waals surface area contributed by atoms with Gasteiger partial charge in [0.05, 0.1) is 0 Å². The molecule has 0 bridgehead atoms. The van der Waals surface area contributed by atoms with Crippen molar-refractivity contribution >= 4 is 0 Å². The van der Waals surface area contributed by atoms with E-state index < -0.39 is 0 Å². The van der Waals surface area contributed by atoms with Gasteiger partial charge in [-0.3, -0.25) is 0 Å². The van der Waals surface area contributed by atoms with Crippen molar-refractivity contribution in [1.82, 2.24) is 19.9 Å². The molecule has 0 unspecified atom stereocenters. The summed E-state index contributed by atoms with van der Waals surface area (Å²) in [7, 11) is 0. The Hall–Kier alpha value is -3.40. The predicted octanol–water partition coefficient (Wildman–Crippen LogP) is 15.2. The summed E-state index contributed by atoms with van der Waals surface area (Å²) >= 11 is 0. The third-order valence-electron chi connectivity index (χ3n) is 13.4. The van der Waals surface area contributed by atoms with Crippen LogP contribution in [0.1, 0.15) is 185 Å². The van der Waals surface area contributed by atoms with Crippen LogP contribution in [0.2, 0.25) is 0 Å². The number of rotatable bonds is 21. The summed E-state index contributed by atoms with van der Waals surface area (Å²) in [4.78, 5) is 18.6. The Morgan fingerprint density at radius 1 is 0.368 bits per heavy atom. The number of unbranched alkanes of at least 4 members (excludes halogenated alkanes) is 6. The molecular weight excluding hydrogens is 693 g/mol. The molecular formula is C53H78N4. The zero-order chi connectivity index (χ0) is 39.9. The fourth-order valence-corrected chi connectivity index (χ4v) is 9.31. The molecule has 2 fully saturated rings. The number of hydrogen-bond acceptors (Lipinski definition) is 4. The van der Waals surface area contributed by atoms with Crippen LogP contribution in [0.25, 0.3) is 22.8 Å². The quantitative estimate of drug-likeness (QED) is 0.0792. The molecule has 0 amide bonds. The van der Waals surface area contributed by atoms with Gasteiger partial charge in [-0.2, -0.15) is 0 Å². The molecule has 2 aliphatic rings. The van der Waals surface area contributed by atoms with Gasteiger partial charge in [0, 0.05) is 35.9 Å². The van der Waals surface area contributed by atoms with Crippen molar-refractivity contribution < 1.29 is 0 Å². The van der Waals surface area contributed by atoms with Crippen LogP contribution < -0.4 is 0 Å². The zero-order valence-corrected chi connectivity index (χ0v) is 36.7. The lowest BCUT2D eigenvalue weighted by molar-refractivity contribution is 0.252. The average Bonchev–Trinajstić information content (AvgIpc) is 3.27. The lowest BCUT2D eigenvalue weighted by Gasteiger charge is -2.28. The van der Waals surface area contributed by atoms with Gasteiger partial charge in [0.25, 0.3) is 0 Å². The largest absolute Gasteiger partial charge is 0.236 e. The van der Waals surface area contributed by atoms with Crippen molar-refractivity contribution in [3.05, 3.63) is 95.6 Å². The highest BCUT2D eigenvalue weighted by Gasteiger charge is 2.21. The molecule has 0 saturated heterocycles. The Kier molecular flexibility index (Phi) is 20.3. The molecule has 0 N–H and O–H groups in total. The number of benzene rings is 2. The molecule has 57 heavy (non-hydrogen) atoms. The van der Waals surface area contributed by atoms with E-state index in [0.29, 0.717) is 0 Å². The molecule has 2 aliphatic carbocycles. The van der Waals surface area contributed by atoms with E-state index in [0.717, 1.165) is 59.3 Å². The van der Waals surface area contributed by atoms with Gasteiger partial charge in [-0.1, -0.05) is 185 Å². The van der Waals surface area contributed by atoms with E-state index in [1.54, 1.807) is 0 Å². The maximum Gasteiger partial charge on any atom is 0.159 e. The van der Waals surface area contributed by atoms with E-state index in [4.69, 9.17) is 0 Å². The maximum atomic E-state index is 4.65. The first-order chi connectivity index (χ1) is 28.1. The standard InChI is InChI=1S/C27H40N2.C26H38N2/c1-3-5-6-7-9-23-16-18-26(19-17-23)27-28-20-25(21-29-27)15-14-24-12-10-22(8-4-2)11-13-24;1-3-5-6-7-8-22-15-17-25(18-16-22)26-27-19-24(20-28-26)14-13-23-11-9-21(4-2)10-12-23/h16-22,24H,3-15H2,1-2H3;15-21,23H,3-14H2,1-2H3. The van der Waals surface area contributed by atoms with Crippen LogP contribution in [0.4, 0.5) is 0 Å². The molecule has 6 rings (SSSR count). The summed E-state index contributed by atoms with van der Waals surface area (Å²) in [5.41, 5.74) is 7.68. The molecule has 2 aromatic carbocycles. The van der Waals surface area contributed by atoms with Crippen molar-refractivity contribution in [2.45, 2.75) is 188 Å². The molecule has 0 atom stereocenters. The lowest BCUT2D eigenvalue weighted by Crippen LogP contribution is -2.15. The average molecular weight is 771 g/mol. The molecule has 2 saturated carbocycles. The smallest absolute Gasteiger partial charge is 0.159 e. The summed E-state index contributed by atoms with van der Waals surface area (Å²) < 4.78 is 0. The Bertz CT molecular complexity index is 1600. The lowest BCUT2D eigenvalue weighted by atomic mass is 9.78. The fourth-order valence-electron chi connectivity index (χ4n) is 9.31. The SMILES string of the molecule is CCCCCCc1ccc(-c2ncc(CCC3CCC(CC)CC3)cn2)cc1.CCCCCCc1ccc(-c2ncc(CCC3CCC(CCC)CC3)cn2)cc1. The van der Waals surface area contributed by atoms with Crippen LogP contribution in [0.3, 0.4) is 0 Å². The first kappa shape index (κ1) is 44.7. The van der Waals surface area contributed by atoms with Crippen molar-refractivity contribution in [3.63, 3.8) is 0 Å². The Labute approximate surface area is 349 Å². The van der Waals surface area contributed by atoms with Gasteiger partial charge in [0.1, 0.15) is 0 Å². The normalized spacial score (nSPS) is 19.5. The Morgan fingerprint density at radius 2 is 0.737 bits per heavy atom. The van der Waals surface area contributed by atoms with Crippen molar-refractivity contribution in [2.24, 2.45) is 23.7 Å². The third kappa shape index (κ3) is 16.1. The molecule has 4 aromatic rings. The van der Waals surface area contributed by atoms with E-state index in [2.05, 4.69) is 96.2 Å². The van der Waals surface area contributed by atoms with E-state index in [-0.39, 0.29) is 0 Å². The van der Waals surface area contributed by atoms with Gasteiger partial charge < -0.3 is 0 Å². The van der Waals surface area contributed by atoms with Gasteiger partial charge in [0.2, 0.25) is 0 Å². The van der Waals surface area contributed by atoms with Gasteiger partial charge in [0.15, 0.2) is 11.6 Å². The van der Waals surface area contributed by atoms with Gasteiger partial charge in [-0.15, -0.1) is 0 Å². The van der Waals surface area contributed by atoms with Crippen LogP contribution in [-0.4, -0.2) is 19.9 Å². The van der Waals surface area contributed by atoms with Crippen molar-refractivity contribution in [1.29, 1.82) is 0 Å².